The highest BCUT2D eigenvalue weighted by Gasteiger charge is 2.26. The molecular weight excluding hydrogens is 214 g/mol. The molecule has 1 N–H and O–H groups in total. The van der Waals surface area contributed by atoms with Crippen molar-refractivity contribution in [1.29, 1.82) is 0 Å². The van der Waals surface area contributed by atoms with Crippen molar-refractivity contribution in [2.45, 2.75) is 45.8 Å². The quantitative estimate of drug-likeness (QED) is 0.864. The lowest BCUT2D eigenvalue weighted by atomic mass is 10.0. The Kier molecular flexibility index (Phi) is 3.45. The first-order valence-corrected chi connectivity index (χ1v) is 6.23. The summed E-state index contributed by atoms with van der Waals surface area (Å²) in [7, 11) is 1.70. The number of hydrogen-bond donors (Lipinski definition) is 1. The zero-order chi connectivity index (χ0) is 12.5. The summed E-state index contributed by atoms with van der Waals surface area (Å²) >= 11 is 0. The Labute approximate surface area is 103 Å². The number of aryl methyl sites for hydroxylation is 1. The Morgan fingerprint density at radius 1 is 1.35 bits per heavy atom. The first-order valence-electron chi connectivity index (χ1n) is 6.23. The van der Waals surface area contributed by atoms with Crippen molar-refractivity contribution in [2.24, 2.45) is 0 Å². The second-order valence-corrected chi connectivity index (χ2v) is 4.91. The minimum absolute atomic E-state index is 0.413. The summed E-state index contributed by atoms with van der Waals surface area (Å²) in [6.07, 6.45) is 1.93. The van der Waals surface area contributed by atoms with E-state index >= 15 is 0 Å². The smallest absolute Gasteiger partial charge is 0.160 e. The monoisotopic (exact) mass is 235 g/mol. The molecule has 2 rings (SSSR count). The highest BCUT2D eigenvalue weighted by Crippen LogP contribution is 2.24. The second-order valence-electron chi connectivity index (χ2n) is 4.91. The summed E-state index contributed by atoms with van der Waals surface area (Å²) in [6.45, 7) is 8.05. The van der Waals surface area contributed by atoms with Crippen LogP contribution in [0.15, 0.2) is 0 Å². The van der Waals surface area contributed by atoms with E-state index in [0.717, 1.165) is 37.4 Å². The second kappa shape index (κ2) is 4.70. The summed E-state index contributed by atoms with van der Waals surface area (Å²) in [5.41, 5.74) is 3.22. The molecule has 94 valence electrons. The van der Waals surface area contributed by atoms with Gasteiger partial charge in [0.1, 0.15) is 5.60 Å². The van der Waals surface area contributed by atoms with Crippen LogP contribution in [0.3, 0.4) is 0 Å². The highest BCUT2D eigenvalue weighted by molar-refractivity contribution is 5.29. The first kappa shape index (κ1) is 12.5. The third kappa shape index (κ3) is 2.33. The molecule has 1 aromatic heterocycles. The van der Waals surface area contributed by atoms with E-state index in [1.165, 1.54) is 11.3 Å². The van der Waals surface area contributed by atoms with Crippen molar-refractivity contribution < 1.29 is 4.74 Å². The Bertz CT molecular complexity index is 398. The molecule has 0 spiro atoms. The van der Waals surface area contributed by atoms with E-state index in [4.69, 9.17) is 4.74 Å². The number of nitrogens with one attached hydrogen (secondary N) is 1. The van der Waals surface area contributed by atoms with Crippen molar-refractivity contribution >= 4 is 0 Å². The number of ether oxygens (including phenoxy) is 1. The number of nitrogens with zero attached hydrogens (tertiary/aromatic N) is 2. The predicted molar refractivity (Wildman–Crippen MR) is 66.9 cm³/mol. The van der Waals surface area contributed by atoms with Gasteiger partial charge in [-0.25, -0.2) is 9.97 Å². The van der Waals surface area contributed by atoms with Crippen LogP contribution in [-0.4, -0.2) is 23.6 Å². The van der Waals surface area contributed by atoms with E-state index in [2.05, 4.69) is 22.2 Å². The summed E-state index contributed by atoms with van der Waals surface area (Å²) in [4.78, 5) is 9.36. The van der Waals surface area contributed by atoms with E-state index in [-0.39, 0.29) is 0 Å². The van der Waals surface area contributed by atoms with Crippen LogP contribution in [0.5, 0.6) is 0 Å². The molecule has 0 atom stereocenters. The maximum atomic E-state index is 5.47. The van der Waals surface area contributed by atoms with Gasteiger partial charge in [0.15, 0.2) is 5.82 Å². The molecular formula is C13H21N3O. The number of hydrogen-bond acceptors (Lipinski definition) is 4. The molecule has 0 fully saturated rings. The zero-order valence-electron chi connectivity index (χ0n) is 11.1. The SMILES string of the molecule is CCc1nc(C(C)(C)OC)nc2c1CNCC2. The van der Waals surface area contributed by atoms with Gasteiger partial charge in [-0.3, -0.25) is 0 Å². The molecule has 0 saturated heterocycles. The summed E-state index contributed by atoms with van der Waals surface area (Å²) in [5, 5.41) is 3.38. The first-order chi connectivity index (χ1) is 8.08. The third-order valence-electron chi connectivity index (χ3n) is 3.40. The number of methoxy groups -OCH3 is 1. The largest absolute Gasteiger partial charge is 0.371 e. The maximum Gasteiger partial charge on any atom is 0.160 e. The van der Waals surface area contributed by atoms with Crippen molar-refractivity contribution in [3.8, 4) is 0 Å². The van der Waals surface area contributed by atoms with Crippen molar-refractivity contribution in [3.05, 3.63) is 22.8 Å². The summed E-state index contributed by atoms with van der Waals surface area (Å²) in [5.74, 6) is 0.803. The van der Waals surface area contributed by atoms with Crippen molar-refractivity contribution in [2.75, 3.05) is 13.7 Å². The minimum atomic E-state index is -0.413. The van der Waals surface area contributed by atoms with Crippen LogP contribution in [0.25, 0.3) is 0 Å². The standard InChI is InChI=1S/C13H21N3O/c1-5-10-9-8-14-7-6-11(9)16-12(15-10)13(2,3)17-4/h14H,5-8H2,1-4H3. The topological polar surface area (TPSA) is 47.0 Å². The van der Waals surface area contributed by atoms with E-state index in [1.807, 2.05) is 13.8 Å². The molecule has 17 heavy (non-hydrogen) atoms. The molecule has 1 aromatic rings. The van der Waals surface area contributed by atoms with Gasteiger partial charge in [0.05, 0.1) is 5.69 Å². The molecule has 4 nitrogen and oxygen atoms in total. The number of fused-ring (bicyclic) bond motifs is 1. The summed E-state index contributed by atoms with van der Waals surface area (Å²) < 4.78 is 5.47. The van der Waals surface area contributed by atoms with Crippen LogP contribution in [0.1, 0.15) is 43.5 Å². The number of rotatable bonds is 3. The van der Waals surface area contributed by atoms with Gasteiger partial charge in [-0.1, -0.05) is 6.92 Å². The molecule has 2 heterocycles. The van der Waals surface area contributed by atoms with Gasteiger partial charge in [0.25, 0.3) is 0 Å². The molecule has 1 aliphatic rings. The van der Waals surface area contributed by atoms with Gasteiger partial charge in [-0.2, -0.15) is 0 Å². The Balaban J connectivity index is 2.50. The van der Waals surface area contributed by atoms with Crippen LogP contribution < -0.4 is 5.32 Å². The van der Waals surface area contributed by atoms with E-state index < -0.39 is 5.60 Å². The Morgan fingerprint density at radius 2 is 2.12 bits per heavy atom. The summed E-state index contributed by atoms with van der Waals surface area (Å²) in [6, 6.07) is 0. The van der Waals surface area contributed by atoms with Crippen LogP contribution >= 0.6 is 0 Å². The Hall–Kier alpha value is -1.00. The molecule has 0 bridgehead atoms. The lowest BCUT2D eigenvalue weighted by Gasteiger charge is -2.25. The zero-order valence-corrected chi connectivity index (χ0v) is 11.1. The van der Waals surface area contributed by atoms with Gasteiger partial charge >= 0.3 is 0 Å². The van der Waals surface area contributed by atoms with Crippen molar-refractivity contribution in [1.82, 2.24) is 15.3 Å². The Morgan fingerprint density at radius 3 is 2.76 bits per heavy atom. The average molecular weight is 235 g/mol. The van der Waals surface area contributed by atoms with Gasteiger partial charge in [0.2, 0.25) is 0 Å². The molecule has 1 aliphatic heterocycles. The maximum absolute atomic E-state index is 5.47. The predicted octanol–water partition coefficient (Wildman–Crippen LogP) is 1.57. The molecule has 0 unspecified atom stereocenters. The molecule has 0 saturated carbocycles. The van der Waals surface area contributed by atoms with Crippen LogP contribution in [0.2, 0.25) is 0 Å². The molecule has 0 amide bonds. The number of aromatic nitrogens is 2. The fourth-order valence-corrected chi connectivity index (χ4v) is 2.07. The van der Waals surface area contributed by atoms with Gasteiger partial charge in [0, 0.05) is 37.9 Å². The molecule has 0 radical (unpaired) electrons. The fraction of sp³-hybridized carbons (Fsp3) is 0.692. The van der Waals surface area contributed by atoms with Crippen LogP contribution in [-0.2, 0) is 29.7 Å². The third-order valence-corrected chi connectivity index (χ3v) is 3.40. The van der Waals surface area contributed by atoms with Gasteiger partial charge in [-0.15, -0.1) is 0 Å². The lowest BCUT2D eigenvalue weighted by molar-refractivity contribution is 0.0110. The normalized spacial score (nSPS) is 15.8. The van der Waals surface area contributed by atoms with E-state index in [1.54, 1.807) is 7.11 Å². The highest BCUT2D eigenvalue weighted by atomic mass is 16.5. The molecule has 0 aliphatic carbocycles. The van der Waals surface area contributed by atoms with Crippen LogP contribution in [0.4, 0.5) is 0 Å². The van der Waals surface area contributed by atoms with E-state index in [0.29, 0.717) is 0 Å². The van der Waals surface area contributed by atoms with Gasteiger partial charge in [-0.05, 0) is 20.3 Å². The lowest BCUT2D eigenvalue weighted by Crippen LogP contribution is -2.30. The van der Waals surface area contributed by atoms with E-state index in [9.17, 15) is 0 Å². The molecule has 4 heteroatoms. The van der Waals surface area contributed by atoms with Crippen molar-refractivity contribution in [3.63, 3.8) is 0 Å². The minimum Gasteiger partial charge on any atom is -0.371 e. The van der Waals surface area contributed by atoms with Crippen LogP contribution in [0, 0.1) is 0 Å². The molecule has 0 aromatic carbocycles. The fourth-order valence-electron chi connectivity index (χ4n) is 2.07. The average Bonchev–Trinajstić information content (AvgIpc) is 2.37. The van der Waals surface area contributed by atoms with Gasteiger partial charge < -0.3 is 10.1 Å².